The van der Waals surface area contributed by atoms with E-state index in [1.807, 2.05) is 71.8 Å². The van der Waals surface area contributed by atoms with Gasteiger partial charge in [0.05, 0.1) is 5.52 Å². The molecule has 144 valence electrons. The van der Waals surface area contributed by atoms with Gasteiger partial charge in [-0.15, -0.1) is 0 Å². The van der Waals surface area contributed by atoms with Gasteiger partial charge in [0.15, 0.2) is 0 Å². The first kappa shape index (κ1) is 18.0. The van der Waals surface area contributed by atoms with E-state index >= 15 is 0 Å². The highest BCUT2D eigenvalue weighted by molar-refractivity contribution is 6.31. The molecular weight excluding hydrogens is 382 g/mol. The molecule has 1 amide bonds. The van der Waals surface area contributed by atoms with Gasteiger partial charge >= 0.3 is 0 Å². The van der Waals surface area contributed by atoms with Crippen molar-refractivity contribution in [3.8, 4) is 0 Å². The van der Waals surface area contributed by atoms with E-state index in [0.717, 1.165) is 46.0 Å². The number of halogens is 1. The largest absolute Gasteiger partial charge is 0.367 e. The molecule has 2 heterocycles. The van der Waals surface area contributed by atoms with Crippen molar-refractivity contribution in [2.24, 2.45) is 0 Å². The van der Waals surface area contributed by atoms with Crippen LogP contribution in [0.15, 0.2) is 72.9 Å². The lowest BCUT2D eigenvalue weighted by Gasteiger charge is -2.36. The monoisotopic (exact) mass is 401 g/mol. The van der Waals surface area contributed by atoms with Crippen LogP contribution in [0.1, 0.15) is 10.4 Å². The van der Waals surface area contributed by atoms with Crippen LogP contribution < -0.4 is 4.90 Å². The summed E-state index contributed by atoms with van der Waals surface area (Å²) in [5, 5.41) is 4.02. The highest BCUT2D eigenvalue weighted by Crippen LogP contribution is 2.28. The Morgan fingerprint density at radius 1 is 0.862 bits per heavy atom. The van der Waals surface area contributed by atoms with E-state index in [-0.39, 0.29) is 5.91 Å². The number of hydrogen-bond acceptors (Lipinski definition) is 3. The molecule has 1 fully saturated rings. The molecule has 0 bridgehead atoms. The van der Waals surface area contributed by atoms with Gasteiger partial charge in [0.25, 0.3) is 5.91 Å². The highest BCUT2D eigenvalue weighted by Gasteiger charge is 2.23. The van der Waals surface area contributed by atoms with Gasteiger partial charge in [0.1, 0.15) is 0 Å². The van der Waals surface area contributed by atoms with Gasteiger partial charge in [0, 0.05) is 54.0 Å². The minimum absolute atomic E-state index is 0.0989. The van der Waals surface area contributed by atoms with Crippen molar-refractivity contribution >= 4 is 44.9 Å². The van der Waals surface area contributed by atoms with Crippen LogP contribution in [-0.2, 0) is 0 Å². The van der Waals surface area contributed by atoms with Gasteiger partial charge in [-0.3, -0.25) is 9.78 Å². The van der Waals surface area contributed by atoms with Crippen molar-refractivity contribution in [2.45, 2.75) is 0 Å². The average Bonchev–Trinajstić information content (AvgIpc) is 2.78. The molecule has 5 heteroatoms. The molecule has 29 heavy (non-hydrogen) atoms. The third-order valence-electron chi connectivity index (χ3n) is 5.59. The number of nitrogens with zero attached hydrogens (tertiary/aromatic N) is 3. The maximum Gasteiger partial charge on any atom is 0.253 e. The fourth-order valence-electron chi connectivity index (χ4n) is 4.04. The third-order valence-corrected chi connectivity index (χ3v) is 5.82. The minimum atomic E-state index is 0.0989. The van der Waals surface area contributed by atoms with Crippen molar-refractivity contribution in [1.82, 2.24) is 9.88 Å². The van der Waals surface area contributed by atoms with E-state index in [2.05, 4.69) is 16.0 Å². The number of aromatic nitrogens is 1. The Balaban J connectivity index is 1.34. The van der Waals surface area contributed by atoms with Crippen molar-refractivity contribution in [3.05, 3.63) is 83.5 Å². The molecule has 4 aromatic rings. The van der Waals surface area contributed by atoms with E-state index in [9.17, 15) is 4.79 Å². The smallest absolute Gasteiger partial charge is 0.253 e. The fraction of sp³-hybridized carbons (Fsp3) is 0.167. The van der Waals surface area contributed by atoms with Crippen LogP contribution in [-0.4, -0.2) is 42.0 Å². The van der Waals surface area contributed by atoms with Gasteiger partial charge in [-0.05, 0) is 47.2 Å². The molecule has 1 saturated heterocycles. The second kappa shape index (κ2) is 7.37. The van der Waals surface area contributed by atoms with Crippen molar-refractivity contribution < 1.29 is 4.79 Å². The van der Waals surface area contributed by atoms with Gasteiger partial charge in [-0.1, -0.05) is 41.9 Å². The summed E-state index contributed by atoms with van der Waals surface area (Å²) >= 11 is 6.11. The van der Waals surface area contributed by atoms with Crippen LogP contribution in [0.25, 0.3) is 21.7 Å². The molecular formula is C24H20ClN3O. The van der Waals surface area contributed by atoms with E-state index < -0.39 is 0 Å². The molecule has 5 rings (SSSR count). The van der Waals surface area contributed by atoms with Crippen LogP contribution in [0.5, 0.6) is 0 Å². The van der Waals surface area contributed by atoms with Crippen LogP contribution in [0.3, 0.4) is 0 Å². The molecule has 1 aliphatic heterocycles. The summed E-state index contributed by atoms with van der Waals surface area (Å²) in [6, 6.07) is 21.9. The lowest BCUT2D eigenvalue weighted by Crippen LogP contribution is -2.48. The summed E-state index contributed by atoms with van der Waals surface area (Å²) < 4.78 is 0. The van der Waals surface area contributed by atoms with Crippen LogP contribution >= 0.6 is 11.6 Å². The summed E-state index contributed by atoms with van der Waals surface area (Å²) in [7, 11) is 0. The number of fused-ring (bicyclic) bond motifs is 2. The van der Waals surface area contributed by atoms with Gasteiger partial charge in [0.2, 0.25) is 0 Å². The molecule has 0 atom stereocenters. The van der Waals surface area contributed by atoms with Crippen LogP contribution in [0, 0.1) is 0 Å². The molecule has 3 aromatic carbocycles. The first-order valence-corrected chi connectivity index (χ1v) is 10.1. The van der Waals surface area contributed by atoms with E-state index in [4.69, 9.17) is 11.6 Å². The number of carbonyl (C=O) groups excluding carboxylic acids is 1. The number of carbonyl (C=O) groups is 1. The van der Waals surface area contributed by atoms with Crippen LogP contribution in [0.4, 0.5) is 5.69 Å². The number of benzene rings is 3. The molecule has 4 nitrogen and oxygen atoms in total. The molecule has 0 saturated carbocycles. The number of amides is 1. The first-order valence-electron chi connectivity index (χ1n) is 9.76. The number of rotatable bonds is 2. The summed E-state index contributed by atoms with van der Waals surface area (Å²) in [5.74, 6) is 0.0989. The second-order valence-electron chi connectivity index (χ2n) is 7.33. The van der Waals surface area contributed by atoms with Crippen molar-refractivity contribution in [3.63, 3.8) is 0 Å². The molecule has 0 radical (unpaired) electrons. The average molecular weight is 402 g/mol. The Kier molecular flexibility index (Phi) is 4.57. The van der Waals surface area contributed by atoms with Gasteiger partial charge in [-0.25, -0.2) is 0 Å². The Morgan fingerprint density at radius 2 is 1.66 bits per heavy atom. The maximum absolute atomic E-state index is 13.0. The maximum atomic E-state index is 13.0. The molecule has 0 N–H and O–H groups in total. The number of pyridine rings is 1. The second-order valence-corrected chi connectivity index (χ2v) is 7.77. The van der Waals surface area contributed by atoms with Gasteiger partial charge in [-0.2, -0.15) is 0 Å². The third kappa shape index (κ3) is 3.40. The minimum Gasteiger partial charge on any atom is -0.367 e. The normalized spacial score (nSPS) is 14.5. The number of anilines is 1. The summed E-state index contributed by atoms with van der Waals surface area (Å²) in [6.07, 6.45) is 1.82. The lowest BCUT2D eigenvalue weighted by molar-refractivity contribution is 0.0747. The summed E-state index contributed by atoms with van der Waals surface area (Å²) in [5.41, 5.74) is 2.79. The molecule has 1 aromatic heterocycles. The Morgan fingerprint density at radius 3 is 2.48 bits per heavy atom. The van der Waals surface area contributed by atoms with Crippen molar-refractivity contribution in [1.29, 1.82) is 0 Å². The quantitative estimate of drug-likeness (QED) is 0.474. The Labute approximate surface area is 174 Å². The van der Waals surface area contributed by atoms with Crippen molar-refractivity contribution in [2.75, 3.05) is 31.1 Å². The van der Waals surface area contributed by atoms with Crippen LogP contribution in [0.2, 0.25) is 5.02 Å². The Hall–Kier alpha value is -3.11. The topological polar surface area (TPSA) is 36.4 Å². The Bertz CT molecular complexity index is 1220. The van der Waals surface area contributed by atoms with Gasteiger partial charge < -0.3 is 9.80 Å². The lowest BCUT2D eigenvalue weighted by atomic mass is 10.1. The molecule has 0 unspecified atom stereocenters. The number of hydrogen-bond donors (Lipinski definition) is 0. The predicted molar refractivity (Wildman–Crippen MR) is 119 cm³/mol. The standard InChI is InChI=1S/C24H20ClN3O/c25-20-7-8-21-22(16-20)26-10-9-23(21)27-11-13-28(14-12-27)24(29)19-6-5-17-3-1-2-4-18(17)15-19/h1-10,15-16H,11-14H2. The summed E-state index contributed by atoms with van der Waals surface area (Å²) in [6.45, 7) is 2.98. The van der Waals surface area contributed by atoms with E-state index in [1.165, 1.54) is 0 Å². The molecule has 1 aliphatic rings. The first-order chi connectivity index (χ1) is 14.2. The summed E-state index contributed by atoms with van der Waals surface area (Å²) in [4.78, 5) is 21.7. The zero-order chi connectivity index (χ0) is 19.8. The SMILES string of the molecule is O=C(c1ccc2ccccc2c1)N1CCN(c2ccnc3cc(Cl)ccc23)CC1. The highest BCUT2D eigenvalue weighted by atomic mass is 35.5. The number of piperazine rings is 1. The van der Waals surface area contributed by atoms with E-state index in [1.54, 1.807) is 0 Å². The van der Waals surface area contributed by atoms with E-state index in [0.29, 0.717) is 18.1 Å². The molecule has 0 aliphatic carbocycles. The zero-order valence-electron chi connectivity index (χ0n) is 15.9. The molecule has 0 spiro atoms. The zero-order valence-corrected chi connectivity index (χ0v) is 16.6. The fourth-order valence-corrected chi connectivity index (χ4v) is 4.20. The predicted octanol–water partition coefficient (Wildman–Crippen LogP) is 5.00.